The molecule has 0 bridgehead atoms. The van der Waals surface area contributed by atoms with Crippen molar-refractivity contribution in [1.82, 2.24) is 4.98 Å². The summed E-state index contributed by atoms with van der Waals surface area (Å²) < 4.78 is 0. The molecule has 6 rings (SSSR count). The number of hydrogen-bond donors (Lipinski definition) is 1. The van der Waals surface area contributed by atoms with Crippen LogP contribution in [-0.4, -0.2) is 17.0 Å². The van der Waals surface area contributed by atoms with E-state index in [0.717, 1.165) is 55.4 Å². The van der Waals surface area contributed by atoms with E-state index in [1.54, 1.807) is 6.20 Å². The van der Waals surface area contributed by atoms with Crippen LogP contribution in [0.4, 0.5) is 0 Å². The number of pyridine rings is 1. The quantitative estimate of drug-likeness (QED) is 0.655. The Labute approximate surface area is 190 Å². The van der Waals surface area contributed by atoms with E-state index in [1.165, 1.54) is 0 Å². The van der Waals surface area contributed by atoms with Gasteiger partial charge < -0.3 is 12.4 Å². The van der Waals surface area contributed by atoms with Gasteiger partial charge in [-0.05, 0) is 18.2 Å². The highest BCUT2D eigenvalue weighted by atomic mass is 35.5. The number of aliphatic imine (C=N–C) groups is 2. The van der Waals surface area contributed by atoms with E-state index < -0.39 is 0 Å². The molecule has 2 aromatic carbocycles. The lowest BCUT2D eigenvalue weighted by atomic mass is 10.0. The molecule has 0 saturated heterocycles. The second kappa shape index (κ2) is 7.75. The molecule has 31 heavy (non-hydrogen) atoms. The minimum Gasteiger partial charge on any atom is -1.00 e. The number of quaternary nitrogens is 1. The van der Waals surface area contributed by atoms with Crippen molar-refractivity contribution in [3.05, 3.63) is 113 Å². The summed E-state index contributed by atoms with van der Waals surface area (Å²) in [5.41, 5.74) is 6.89. The van der Waals surface area contributed by atoms with Gasteiger partial charge in [-0.15, -0.1) is 0 Å². The molecular formula is C25H16Cl2N4. The van der Waals surface area contributed by atoms with Crippen LogP contribution in [0.3, 0.4) is 0 Å². The first kappa shape index (κ1) is 19.6. The third-order valence-corrected chi connectivity index (χ3v) is 5.80. The Morgan fingerprint density at radius 2 is 1.81 bits per heavy atom. The van der Waals surface area contributed by atoms with Crippen molar-refractivity contribution in [2.24, 2.45) is 9.98 Å². The topological polar surface area (TPSA) is 42.0 Å². The molecule has 0 saturated carbocycles. The maximum Gasteiger partial charge on any atom is 0.245 e. The zero-order valence-corrected chi connectivity index (χ0v) is 17.8. The van der Waals surface area contributed by atoms with Crippen LogP contribution in [0, 0.1) is 0 Å². The number of hydrogen-bond acceptors (Lipinski definition) is 3. The van der Waals surface area contributed by atoms with Crippen molar-refractivity contribution < 1.29 is 17.3 Å². The fraction of sp³-hybridized carbons (Fsp3) is 0. The van der Waals surface area contributed by atoms with E-state index >= 15 is 0 Å². The lowest BCUT2D eigenvalue weighted by Crippen LogP contribution is -3.08. The first-order valence-electron chi connectivity index (χ1n) is 9.73. The van der Waals surface area contributed by atoms with Crippen molar-refractivity contribution in [1.29, 1.82) is 0 Å². The lowest BCUT2D eigenvalue weighted by molar-refractivity contribution is -0.689. The highest BCUT2D eigenvalue weighted by molar-refractivity contribution is 6.34. The number of halogens is 2. The summed E-state index contributed by atoms with van der Waals surface area (Å²) in [6.07, 6.45) is 11.8. The highest BCUT2D eigenvalue weighted by Crippen LogP contribution is 2.29. The van der Waals surface area contributed by atoms with E-state index in [0.29, 0.717) is 5.02 Å². The number of nitrogens with one attached hydrogen (secondary N) is 1. The van der Waals surface area contributed by atoms with Crippen molar-refractivity contribution >= 4 is 34.6 Å². The summed E-state index contributed by atoms with van der Waals surface area (Å²) in [7, 11) is 0. The summed E-state index contributed by atoms with van der Waals surface area (Å²) in [6, 6.07) is 18.3. The van der Waals surface area contributed by atoms with E-state index in [2.05, 4.69) is 35.3 Å². The standard InChI is InChI=1S/C25H15ClN4.ClH/c26-20-13-18-9-10-21(16-5-2-1-3-6-16)28-22(18)14-19(20)25-29-24(17-7-4-8-17)23-15-27-11-12-30(23)25;/h1-15H;1H. The minimum absolute atomic E-state index is 0. The average Bonchev–Trinajstić information content (AvgIpc) is 3.11. The third-order valence-electron chi connectivity index (χ3n) is 5.48. The van der Waals surface area contributed by atoms with Crippen LogP contribution in [0.15, 0.2) is 112 Å². The number of aromatic nitrogens is 1. The number of allylic oxidation sites excluding steroid dienone is 4. The predicted octanol–water partition coefficient (Wildman–Crippen LogP) is 1.47. The minimum atomic E-state index is 0. The maximum absolute atomic E-state index is 6.72. The summed E-state index contributed by atoms with van der Waals surface area (Å²) in [6.45, 7) is 0. The Morgan fingerprint density at radius 1 is 0.968 bits per heavy atom. The summed E-state index contributed by atoms with van der Waals surface area (Å²) in [5, 5.41) is 1.67. The fourth-order valence-electron chi connectivity index (χ4n) is 3.89. The van der Waals surface area contributed by atoms with Gasteiger partial charge in [0.1, 0.15) is 11.9 Å². The predicted molar refractivity (Wildman–Crippen MR) is 122 cm³/mol. The molecule has 0 spiro atoms. The molecule has 4 nitrogen and oxygen atoms in total. The molecule has 2 aliphatic heterocycles. The zero-order chi connectivity index (χ0) is 20.1. The molecule has 0 fully saturated rings. The third kappa shape index (κ3) is 3.26. The van der Waals surface area contributed by atoms with E-state index in [9.17, 15) is 0 Å². The van der Waals surface area contributed by atoms with Gasteiger partial charge >= 0.3 is 0 Å². The van der Waals surface area contributed by atoms with Crippen molar-refractivity contribution in [2.45, 2.75) is 0 Å². The van der Waals surface area contributed by atoms with Crippen molar-refractivity contribution in [2.75, 3.05) is 0 Å². The van der Waals surface area contributed by atoms with Crippen LogP contribution in [-0.2, 0) is 0 Å². The second-order valence-electron chi connectivity index (χ2n) is 7.30. The zero-order valence-electron chi connectivity index (χ0n) is 16.3. The van der Waals surface area contributed by atoms with Crippen molar-refractivity contribution in [3.8, 4) is 11.3 Å². The van der Waals surface area contributed by atoms with E-state index in [1.807, 2.05) is 54.9 Å². The van der Waals surface area contributed by atoms with Gasteiger partial charge in [0.05, 0.1) is 34.2 Å². The van der Waals surface area contributed by atoms with Crippen LogP contribution in [0.2, 0.25) is 5.02 Å². The average molecular weight is 443 g/mol. The van der Waals surface area contributed by atoms with Gasteiger partial charge in [0.2, 0.25) is 5.84 Å². The summed E-state index contributed by atoms with van der Waals surface area (Å²) >= 11 is 6.72. The fourth-order valence-corrected chi connectivity index (χ4v) is 4.15. The highest BCUT2D eigenvalue weighted by Gasteiger charge is 2.35. The molecule has 1 aliphatic carbocycles. The molecule has 0 radical (unpaired) electrons. The smallest absolute Gasteiger partial charge is 0.245 e. The Hall–Kier alpha value is -3.31. The van der Waals surface area contributed by atoms with Gasteiger partial charge in [0, 0.05) is 16.5 Å². The Bertz CT molecular complexity index is 1400. The first-order chi connectivity index (χ1) is 14.8. The Kier molecular flexibility index (Phi) is 4.91. The number of fused-ring (bicyclic) bond motifs is 2. The van der Waals surface area contributed by atoms with Gasteiger partial charge in [-0.1, -0.05) is 66.2 Å². The Balaban J connectivity index is 0.00000204. The van der Waals surface area contributed by atoms with Gasteiger partial charge in [-0.25, -0.2) is 9.88 Å². The maximum atomic E-state index is 6.72. The number of nitrogens with zero attached hydrogens (tertiary/aromatic N) is 3. The molecule has 1 unspecified atom stereocenters. The molecule has 6 heteroatoms. The number of rotatable bonds is 3. The summed E-state index contributed by atoms with van der Waals surface area (Å²) in [4.78, 5) is 15.2. The normalized spacial score (nSPS) is 18.4. The molecule has 3 aromatic rings. The number of benzene rings is 2. The molecule has 1 N–H and O–H groups in total. The molecular weight excluding hydrogens is 427 g/mol. The first-order valence-corrected chi connectivity index (χ1v) is 10.1. The second-order valence-corrected chi connectivity index (χ2v) is 7.71. The van der Waals surface area contributed by atoms with Crippen molar-refractivity contribution in [3.63, 3.8) is 0 Å². The van der Waals surface area contributed by atoms with Crippen LogP contribution in [0.5, 0.6) is 0 Å². The number of amidine groups is 1. The van der Waals surface area contributed by atoms with E-state index in [-0.39, 0.29) is 12.4 Å². The van der Waals surface area contributed by atoms with Gasteiger partial charge in [0.15, 0.2) is 5.70 Å². The van der Waals surface area contributed by atoms with Gasteiger partial charge in [-0.2, -0.15) is 4.99 Å². The van der Waals surface area contributed by atoms with Crippen LogP contribution in [0.25, 0.3) is 22.2 Å². The van der Waals surface area contributed by atoms with Gasteiger partial charge in [0.25, 0.3) is 0 Å². The molecule has 150 valence electrons. The monoisotopic (exact) mass is 442 g/mol. The molecule has 3 heterocycles. The SMILES string of the molecule is Clc1cc2ccc(-c3ccccc3)nc2cc1C1=NC(C2=CC=C2)=C2C=NC=C[NH+]12.[Cl-]. The van der Waals surface area contributed by atoms with Crippen LogP contribution < -0.4 is 17.3 Å². The molecule has 0 amide bonds. The van der Waals surface area contributed by atoms with E-state index in [4.69, 9.17) is 21.6 Å². The molecule has 1 aromatic heterocycles. The molecule has 3 aliphatic rings. The molecule has 1 atom stereocenters. The lowest BCUT2D eigenvalue weighted by Gasteiger charge is -2.14. The largest absolute Gasteiger partial charge is 1.00 e. The summed E-state index contributed by atoms with van der Waals surface area (Å²) in [5.74, 6) is 0.863. The van der Waals surface area contributed by atoms with Crippen LogP contribution in [0.1, 0.15) is 5.56 Å². The Morgan fingerprint density at radius 3 is 2.58 bits per heavy atom. The van der Waals surface area contributed by atoms with Crippen LogP contribution >= 0.6 is 11.6 Å². The van der Waals surface area contributed by atoms with Gasteiger partial charge in [-0.3, -0.25) is 4.99 Å².